The summed E-state index contributed by atoms with van der Waals surface area (Å²) in [5.74, 6) is 0.181. The molecule has 0 aromatic rings. The molecule has 104 valence electrons. The van der Waals surface area contributed by atoms with E-state index in [9.17, 15) is 8.42 Å². The van der Waals surface area contributed by atoms with Crippen LogP contribution in [0.4, 0.5) is 0 Å². The van der Waals surface area contributed by atoms with Crippen molar-refractivity contribution in [3.8, 4) is 0 Å². The van der Waals surface area contributed by atoms with Crippen molar-refractivity contribution in [3.05, 3.63) is 0 Å². The highest BCUT2D eigenvalue weighted by Crippen LogP contribution is 2.34. The molecule has 5 nitrogen and oxygen atoms in total. The minimum absolute atomic E-state index is 0.167. The molecule has 1 saturated carbocycles. The average Bonchev–Trinajstić information content (AvgIpc) is 2.83. The number of hydrogen-bond acceptors (Lipinski definition) is 3. The standard InChI is InChI=1S/C12H23N3O2S/c1-12(11(13)14)6-8-15(9-7-12)18(16,17)10-4-2-3-5-10/h10H,2-9H2,1H3,(H3,13,14). The Kier molecular flexibility index (Phi) is 3.69. The Morgan fingerprint density at radius 2 is 1.78 bits per heavy atom. The monoisotopic (exact) mass is 273 g/mol. The van der Waals surface area contributed by atoms with Crippen LogP contribution in [0.25, 0.3) is 0 Å². The molecule has 0 radical (unpaired) electrons. The number of nitrogens with one attached hydrogen (secondary N) is 1. The summed E-state index contributed by atoms with van der Waals surface area (Å²) >= 11 is 0. The summed E-state index contributed by atoms with van der Waals surface area (Å²) in [6.07, 6.45) is 5.00. The maximum absolute atomic E-state index is 12.4. The second kappa shape index (κ2) is 4.81. The molecule has 0 aromatic carbocycles. The Balaban J connectivity index is 2.03. The van der Waals surface area contributed by atoms with E-state index >= 15 is 0 Å². The zero-order chi connectivity index (χ0) is 13.4. The molecule has 1 saturated heterocycles. The molecule has 0 spiro atoms. The van der Waals surface area contributed by atoms with Crippen molar-refractivity contribution in [2.75, 3.05) is 13.1 Å². The van der Waals surface area contributed by atoms with Crippen molar-refractivity contribution in [3.63, 3.8) is 0 Å². The first-order chi connectivity index (χ1) is 8.36. The number of amidine groups is 1. The van der Waals surface area contributed by atoms with Crippen LogP contribution in [0.15, 0.2) is 0 Å². The van der Waals surface area contributed by atoms with Gasteiger partial charge in [0.25, 0.3) is 0 Å². The van der Waals surface area contributed by atoms with Crippen LogP contribution in [0.2, 0.25) is 0 Å². The zero-order valence-electron chi connectivity index (χ0n) is 11.0. The lowest BCUT2D eigenvalue weighted by Gasteiger charge is -2.38. The second-order valence-electron chi connectivity index (χ2n) is 5.82. The predicted octanol–water partition coefficient (Wildman–Crippen LogP) is 1.30. The van der Waals surface area contributed by atoms with Gasteiger partial charge in [0.2, 0.25) is 10.0 Å². The molecular formula is C12H23N3O2S. The van der Waals surface area contributed by atoms with Gasteiger partial charge in [0, 0.05) is 18.5 Å². The Morgan fingerprint density at radius 3 is 2.22 bits per heavy atom. The number of nitrogens with zero attached hydrogens (tertiary/aromatic N) is 1. The molecule has 18 heavy (non-hydrogen) atoms. The second-order valence-corrected chi connectivity index (χ2v) is 8.04. The van der Waals surface area contributed by atoms with Crippen LogP contribution in [0.5, 0.6) is 0 Å². The van der Waals surface area contributed by atoms with Crippen molar-refractivity contribution in [2.24, 2.45) is 11.1 Å². The molecule has 0 amide bonds. The molecule has 2 fully saturated rings. The molecular weight excluding hydrogens is 250 g/mol. The highest BCUT2D eigenvalue weighted by Gasteiger charge is 2.40. The van der Waals surface area contributed by atoms with Crippen molar-refractivity contribution >= 4 is 15.9 Å². The van der Waals surface area contributed by atoms with Gasteiger partial charge in [-0.2, -0.15) is 0 Å². The van der Waals surface area contributed by atoms with E-state index in [4.69, 9.17) is 11.1 Å². The van der Waals surface area contributed by atoms with Gasteiger partial charge in [0.1, 0.15) is 0 Å². The van der Waals surface area contributed by atoms with E-state index < -0.39 is 10.0 Å². The third kappa shape index (κ3) is 2.40. The van der Waals surface area contributed by atoms with Crippen molar-refractivity contribution in [2.45, 2.75) is 50.7 Å². The van der Waals surface area contributed by atoms with E-state index in [1.165, 1.54) is 0 Å². The Hall–Kier alpha value is -0.620. The number of piperidine rings is 1. The Bertz CT molecular complexity index is 419. The number of nitrogens with two attached hydrogens (primary N) is 1. The minimum Gasteiger partial charge on any atom is -0.387 e. The Labute approximate surface area is 109 Å². The van der Waals surface area contributed by atoms with E-state index in [0.717, 1.165) is 25.7 Å². The summed E-state index contributed by atoms with van der Waals surface area (Å²) in [5, 5.41) is 7.42. The lowest BCUT2D eigenvalue weighted by Crippen LogP contribution is -2.49. The summed E-state index contributed by atoms with van der Waals surface area (Å²) < 4.78 is 26.4. The van der Waals surface area contributed by atoms with E-state index in [1.807, 2.05) is 6.92 Å². The van der Waals surface area contributed by atoms with E-state index in [1.54, 1.807) is 4.31 Å². The van der Waals surface area contributed by atoms with Crippen LogP contribution in [0.3, 0.4) is 0 Å². The Morgan fingerprint density at radius 1 is 1.28 bits per heavy atom. The SMILES string of the molecule is CC1(C(=N)N)CCN(S(=O)(=O)C2CCCC2)CC1. The van der Waals surface area contributed by atoms with Crippen molar-refractivity contribution in [1.29, 1.82) is 5.41 Å². The van der Waals surface area contributed by atoms with Crippen LogP contribution >= 0.6 is 0 Å². The highest BCUT2D eigenvalue weighted by molar-refractivity contribution is 7.89. The molecule has 0 aromatic heterocycles. The fraction of sp³-hybridized carbons (Fsp3) is 0.917. The first kappa shape index (κ1) is 13.8. The summed E-state index contributed by atoms with van der Waals surface area (Å²) in [5.41, 5.74) is 5.28. The highest BCUT2D eigenvalue weighted by atomic mass is 32.2. The summed E-state index contributed by atoms with van der Waals surface area (Å²) in [4.78, 5) is 0. The normalized spacial score (nSPS) is 26.3. The van der Waals surface area contributed by atoms with Crippen LogP contribution < -0.4 is 5.73 Å². The van der Waals surface area contributed by atoms with Crippen LogP contribution in [0.1, 0.15) is 45.4 Å². The summed E-state index contributed by atoms with van der Waals surface area (Å²) in [6, 6.07) is 0. The topological polar surface area (TPSA) is 87.2 Å². The fourth-order valence-corrected chi connectivity index (χ4v) is 4.94. The van der Waals surface area contributed by atoms with Gasteiger partial charge < -0.3 is 5.73 Å². The first-order valence-corrected chi connectivity index (χ1v) is 8.20. The van der Waals surface area contributed by atoms with Crippen LogP contribution in [-0.2, 0) is 10.0 Å². The van der Waals surface area contributed by atoms with Gasteiger partial charge in [0.05, 0.1) is 11.1 Å². The smallest absolute Gasteiger partial charge is 0.216 e. The van der Waals surface area contributed by atoms with E-state index in [0.29, 0.717) is 25.9 Å². The van der Waals surface area contributed by atoms with Crippen LogP contribution in [0, 0.1) is 10.8 Å². The molecule has 1 heterocycles. The van der Waals surface area contributed by atoms with Gasteiger partial charge in [-0.05, 0) is 25.7 Å². The molecule has 1 aliphatic heterocycles. The zero-order valence-corrected chi connectivity index (χ0v) is 11.8. The number of rotatable bonds is 3. The van der Waals surface area contributed by atoms with E-state index in [2.05, 4.69) is 0 Å². The molecule has 2 aliphatic rings. The third-order valence-electron chi connectivity index (χ3n) is 4.56. The summed E-state index contributed by atoms with van der Waals surface area (Å²) in [7, 11) is -3.12. The maximum atomic E-state index is 12.4. The van der Waals surface area contributed by atoms with Gasteiger partial charge in [-0.25, -0.2) is 12.7 Å². The first-order valence-electron chi connectivity index (χ1n) is 6.70. The molecule has 0 atom stereocenters. The lowest BCUT2D eigenvalue weighted by atomic mass is 9.80. The average molecular weight is 273 g/mol. The quantitative estimate of drug-likeness (QED) is 0.600. The third-order valence-corrected chi connectivity index (χ3v) is 6.96. The van der Waals surface area contributed by atoms with Crippen LogP contribution in [-0.4, -0.2) is 36.9 Å². The van der Waals surface area contributed by atoms with Gasteiger partial charge >= 0.3 is 0 Å². The van der Waals surface area contributed by atoms with Gasteiger partial charge in [0.15, 0.2) is 0 Å². The molecule has 6 heteroatoms. The molecule has 0 unspecified atom stereocenters. The van der Waals surface area contributed by atoms with Gasteiger partial charge in [-0.3, -0.25) is 5.41 Å². The maximum Gasteiger partial charge on any atom is 0.216 e. The van der Waals surface area contributed by atoms with Crippen molar-refractivity contribution < 1.29 is 8.42 Å². The molecule has 2 rings (SSSR count). The largest absolute Gasteiger partial charge is 0.387 e. The van der Waals surface area contributed by atoms with E-state index in [-0.39, 0.29) is 16.5 Å². The lowest BCUT2D eigenvalue weighted by molar-refractivity contribution is 0.239. The van der Waals surface area contributed by atoms with Gasteiger partial charge in [-0.15, -0.1) is 0 Å². The molecule has 1 aliphatic carbocycles. The number of sulfonamides is 1. The minimum atomic E-state index is -3.12. The predicted molar refractivity (Wildman–Crippen MR) is 72.0 cm³/mol. The van der Waals surface area contributed by atoms with Gasteiger partial charge in [-0.1, -0.05) is 19.8 Å². The van der Waals surface area contributed by atoms with Crippen molar-refractivity contribution in [1.82, 2.24) is 4.31 Å². The molecule has 0 bridgehead atoms. The summed E-state index contributed by atoms with van der Waals surface area (Å²) in [6.45, 7) is 2.97. The molecule has 3 N–H and O–H groups in total. The fourth-order valence-electron chi connectivity index (χ4n) is 2.90. The number of hydrogen-bond donors (Lipinski definition) is 2.